The fourth-order valence-corrected chi connectivity index (χ4v) is 3.73. The van der Waals surface area contributed by atoms with E-state index in [1.807, 2.05) is 0 Å². The molecule has 0 saturated carbocycles. The van der Waals surface area contributed by atoms with E-state index in [1.54, 1.807) is 26.0 Å². The first kappa shape index (κ1) is 24.0. The van der Waals surface area contributed by atoms with Crippen LogP contribution in [0.4, 0.5) is 10.5 Å². The molecule has 0 bridgehead atoms. The van der Waals surface area contributed by atoms with Crippen LogP contribution in [0.15, 0.2) is 41.6 Å². The zero-order valence-corrected chi connectivity index (χ0v) is 19.5. The van der Waals surface area contributed by atoms with Crippen molar-refractivity contribution in [3.8, 4) is 11.5 Å². The van der Waals surface area contributed by atoms with E-state index in [0.29, 0.717) is 46.5 Å². The molecule has 172 valence electrons. The molecule has 2 aromatic carbocycles. The number of unbranched alkanes of at least 4 members (excludes halogenated alkanes) is 1. The first-order valence-corrected chi connectivity index (χ1v) is 11.5. The van der Waals surface area contributed by atoms with Crippen molar-refractivity contribution in [2.24, 2.45) is 5.16 Å². The normalized spacial score (nSPS) is 14.9. The first-order valence-electron chi connectivity index (χ1n) is 9.43. The minimum atomic E-state index is -4.34. The van der Waals surface area contributed by atoms with Gasteiger partial charge < -0.3 is 13.7 Å². The second-order valence-corrected chi connectivity index (χ2v) is 9.13. The van der Waals surface area contributed by atoms with Crippen LogP contribution in [0.3, 0.4) is 0 Å². The Morgan fingerprint density at radius 1 is 1.16 bits per heavy atom. The SMILES string of the molecule is CC1(C)OC(=O)Nc2c(Cl)cc(OCCCC=NOS(=O)(=O)Oc3ccc(Cl)cc3)cc21. The number of fused-ring (bicyclic) bond motifs is 1. The molecule has 1 aliphatic rings. The quantitative estimate of drug-likeness (QED) is 0.282. The molecule has 1 amide bonds. The summed E-state index contributed by atoms with van der Waals surface area (Å²) in [4.78, 5) is 11.6. The predicted octanol–water partition coefficient (Wildman–Crippen LogP) is 5.28. The number of carbonyl (C=O) groups excluding carboxylic acids is 1. The third kappa shape index (κ3) is 6.41. The van der Waals surface area contributed by atoms with Crippen LogP contribution in [-0.4, -0.2) is 27.3 Å². The lowest BCUT2D eigenvalue weighted by Crippen LogP contribution is -2.34. The Labute approximate surface area is 195 Å². The minimum Gasteiger partial charge on any atom is -0.494 e. The van der Waals surface area contributed by atoms with Gasteiger partial charge in [-0.25, -0.2) is 9.08 Å². The van der Waals surface area contributed by atoms with Crippen LogP contribution in [-0.2, 0) is 25.0 Å². The Balaban J connectivity index is 1.46. The van der Waals surface area contributed by atoms with Gasteiger partial charge in [-0.15, -0.1) is 8.42 Å². The fourth-order valence-electron chi connectivity index (χ4n) is 2.81. The zero-order chi connectivity index (χ0) is 23.4. The van der Waals surface area contributed by atoms with Gasteiger partial charge in [-0.05, 0) is 57.0 Å². The molecule has 3 rings (SSSR count). The van der Waals surface area contributed by atoms with E-state index in [9.17, 15) is 13.2 Å². The minimum absolute atomic E-state index is 0.0508. The van der Waals surface area contributed by atoms with Crippen LogP contribution >= 0.6 is 23.2 Å². The van der Waals surface area contributed by atoms with Crippen LogP contribution < -0.4 is 14.2 Å². The third-order valence-corrected chi connectivity index (χ3v) is 5.47. The fraction of sp³-hybridized carbons (Fsp3) is 0.300. The van der Waals surface area contributed by atoms with E-state index in [-0.39, 0.29) is 5.75 Å². The van der Waals surface area contributed by atoms with Crippen LogP contribution in [0.2, 0.25) is 10.0 Å². The summed E-state index contributed by atoms with van der Waals surface area (Å²) in [6, 6.07) is 9.08. The average molecular weight is 503 g/mol. The Morgan fingerprint density at radius 3 is 2.59 bits per heavy atom. The lowest BCUT2D eigenvalue weighted by atomic mass is 9.94. The van der Waals surface area contributed by atoms with Gasteiger partial charge >= 0.3 is 16.5 Å². The van der Waals surface area contributed by atoms with Crippen LogP contribution in [0.1, 0.15) is 32.3 Å². The van der Waals surface area contributed by atoms with Gasteiger partial charge in [0.1, 0.15) is 17.1 Å². The summed E-state index contributed by atoms with van der Waals surface area (Å²) < 4.78 is 43.6. The van der Waals surface area contributed by atoms with E-state index in [0.717, 1.165) is 0 Å². The van der Waals surface area contributed by atoms with Crippen molar-refractivity contribution < 1.29 is 31.2 Å². The number of benzene rings is 2. The summed E-state index contributed by atoms with van der Waals surface area (Å²) in [5.41, 5.74) is 0.330. The number of anilines is 1. The Kier molecular flexibility index (Phi) is 7.37. The number of rotatable bonds is 9. The van der Waals surface area contributed by atoms with Crippen LogP contribution in [0.5, 0.6) is 11.5 Å². The number of halogens is 2. The summed E-state index contributed by atoms with van der Waals surface area (Å²) in [7, 11) is -4.34. The van der Waals surface area contributed by atoms with Gasteiger partial charge in [0.2, 0.25) is 0 Å². The lowest BCUT2D eigenvalue weighted by molar-refractivity contribution is 0.0418. The van der Waals surface area contributed by atoms with Crippen molar-refractivity contribution in [2.45, 2.75) is 32.3 Å². The van der Waals surface area contributed by atoms with Crippen LogP contribution in [0, 0.1) is 0 Å². The molecule has 1 aliphatic heterocycles. The van der Waals surface area contributed by atoms with E-state index in [4.69, 9.17) is 36.9 Å². The van der Waals surface area contributed by atoms with Gasteiger partial charge in [-0.2, -0.15) is 0 Å². The molecule has 1 N–H and O–H groups in total. The van der Waals surface area contributed by atoms with Gasteiger partial charge in [0.05, 0.1) is 17.3 Å². The molecule has 32 heavy (non-hydrogen) atoms. The van der Waals surface area contributed by atoms with E-state index >= 15 is 0 Å². The van der Waals surface area contributed by atoms with Crippen molar-refractivity contribution in [3.05, 3.63) is 52.0 Å². The van der Waals surface area contributed by atoms with E-state index in [2.05, 4.69) is 14.8 Å². The molecular formula is C20H20Cl2N2O7S. The van der Waals surface area contributed by atoms with E-state index in [1.165, 1.54) is 30.5 Å². The molecule has 2 aromatic rings. The number of hydrogen-bond acceptors (Lipinski definition) is 8. The van der Waals surface area contributed by atoms with E-state index < -0.39 is 22.1 Å². The Hall–Kier alpha value is -2.69. The highest BCUT2D eigenvalue weighted by Crippen LogP contribution is 2.42. The molecule has 0 saturated heterocycles. The van der Waals surface area contributed by atoms with Gasteiger partial charge in [-0.1, -0.05) is 28.4 Å². The molecule has 0 aromatic heterocycles. The number of nitrogens with one attached hydrogen (secondary N) is 1. The molecule has 0 atom stereocenters. The number of oxime groups is 1. The standard InChI is InChI=1S/C20H20Cl2N2O7S/c1-20(2)16-11-15(12-17(22)18(16)24-19(25)29-20)28-10-4-3-9-23-31-32(26,27)30-14-7-5-13(21)6-8-14/h5-9,11-12H,3-4,10H2,1-2H3,(H,24,25). The summed E-state index contributed by atoms with van der Waals surface area (Å²) in [6.45, 7) is 3.82. The van der Waals surface area contributed by atoms with Crippen molar-refractivity contribution >= 4 is 51.6 Å². The third-order valence-electron chi connectivity index (χ3n) is 4.25. The molecule has 0 radical (unpaired) electrons. The van der Waals surface area contributed by atoms with Crippen LogP contribution in [0.25, 0.3) is 0 Å². The molecule has 0 aliphatic carbocycles. The highest BCUT2D eigenvalue weighted by molar-refractivity contribution is 7.82. The van der Waals surface area contributed by atoms with Crippen molar-refractivity contribution in [1.29, 1.82) is 0 Å². The van der Waals surface area contributed by atoms with Crippen molar-refractivity contribution in [1.82, 2.24) is 0 Å². The molecule has 0 fully saturated rings. The van der Waals surface area contributed by atoms with Crippen molar-refractivity contribution in [2.75, 3.05) is 11.9 Å². The first-order chi connectivity index (χ1) is 15.1. The van der Waals surface area contributed by atoms with Crippen molar-refractivity contribution in [3.63, 3.8) is 0 Å². The highest BCUT2D eigenvalue weighted by Gasteiger charge is 2.35. The molecule has 0 unspecified atom stereocenters. The second-order valence-electron chi connectivity index (χ2n) is 7.15. The highest BCUT2D eigenvalue weighted by atomic mass is 35.5. The molecule has 12 heteroatoms. The maximum absolute atomic E-state index is 11.7. The Morgan fingerprint density at radius 2 is 1.88 bits per heavy atom. The monoisotopic (exact) mass is 502 g/mol. The number of nitrogens with zero attached hydrogens (tertiary/aromatic N) is 1. The maximum atomic E-state index is 11.7. The van der Waals surface area contributed by atoms with Gasteiger partial charge in [0, 0.05) is 22.9 Å². The summed E-state index contributed by atoms with van der Waals surface area (Å²) in [5, 5.41) is 6.77. The molecule has 9 nitrogen and oxygen atoms in total. The molecular weight excluding hydrogens is 483 g/mol. The summed E-state index contributed by atoms with van der Waals surface area (Å²) in [6.07, 6.45) is 1.63. The zero-order valence-electron chi connectivity index (χ0n) is 17.1. The second kappa shape index (κ2) is 9.85. The number of amides is 1. The Bertz CT molecular complexity index is 1120. The smallest absolute Gasteiger partial charge is 0.494 e. The number of ether oxygens (including phenoxy) is 2. The number of hydrogen-bond donors (Lipinski definition) is 1. The summed E-state index contributed by atoms with van der Waals surface area (Å²) in [5.74, 6) is 0.559. The lowest BCUT2D eigenvalue weighted by Gasteiger charge is -2.33. The van der Waals surface area contributed by atoms with Gasteiger partial charge in [-0.3, -0.25) is 5.32 Å². The average Bonchev–Trinajstić information content (AvgIpc) is 2.69. The summed E-state index contributed by atoms with van der Waals surface area (Å²) >= 11 is 12.0. The van der Waals surface area contributed by atoms with Gasteiger partial charge in [0.15, 0.2) is 0 Å². The van der Waals surface area contributed by atoms with Gasteiger partial charge in [0.25, 0.3) is 0 Å². The predicted molar refractivity (Wildman–Crippen MR) is 120 cm³/mol. The number of cyclic esters (lactones) is 1. The number of carbonyl (C=O) groups is 1. The molecule has 1 heterocycles. The topological polar surface area (TPSA) is 113 Å². The maximum Gasteiger partial charge on any atom is 0.521 e. The largest absolute Gasteiger partial charge is 0.521 e. The molecule has 0 spiro atoms.